The van der Waals surface area contributed by atoms with E-state index in [0.29, 0.717) is 19.5 Å². The van der Waals surface area contributed by atoms with Crippen molar-refractivity contribution in [3.63, 3.8) is 0 Å². The van der Waals surface area contributed by atoms with Crippen LogP contribution >= 0.6 is 11.3 Å². The van der Waals surface area contributed by atoms with Gasteiger partial charge >= 0.3 is 0 Å². The normalized spacial score (nSPS) is 15.7. The minimum atomic E-state index is 0.0975. The summed E-state index contributed by atoms with van der Waals surface area (Å²) in [5, 5.41) is 0.974. The van der Waals surface area contributed by atoms with E-state index in [4.69, 9.17) is 14.5 Å². The second kappa shape index (κ2) is 10.3. The molecule has 0 aliphatic carbocycles. The first-order valence-electron chi connectivity index (χ1n) is 11.1. The molecule has 168 valence electrons. The lowest BCUT2D eigenvalue weighted by Crippen LogP contribution is -2.37. The number of hydrogen-bond acceptors (Lipinski definition) is 5. The molecule has 6 heteroatoms. The molecule has 1 saturated heterocycles. The number of aryl methyl sites for hydroxylation is 2. The summed E-state index contributed by atoms with van der Waals surface area (Å²) in [6.07, 6.45) is 2.49. The Kier molecular flexibility index (Phi) is 7.22. The van der Waals surface area contributed by atoms with Crippen molar-refractivity contribution in [2.45, 2.75) is 45.8 Å². The first-order chi connectivity index (χ1) is 15.5. The Morgan fingerprint density at radius 1 is 1.22 bits per heavy atom. The highest BCUT2D eigenvalue weighted by Crippen LogP contribution is 2.29. The van der Waals surface area contributed by atoms with Gasteiger partial charge in [0.05, 0.1) is 30.3 Å². The molecule has 0 bridgehead atoms. The van der Waals surface area contributed by atoms with Crippen LogP contribution in [0.4, 0.5) is 0 Å². The Morgan fingerprint density at radius 3 is 2.75 bits per heavy atom. The molecule has 5 nitrogen and oxygen atoms in total. The number of benzene rings is 2. The molecule has 4 rings (SSSR count). The maximum Gasteiger partial charge on any atom is 0.228 e. The Hall–Kier alpha value is -2.70. The minimum Gasteiger partial charge on any atom is -0.497 e. The van der Waals surface area contributed by atoms with E-state index in [9.17, 15) is 4.79 Å². The molecular formula is C26H30N2O3S. The summed E-state index contributed by atoms with van der Waals surface area (Å²) in [5.41, 5.74) is 4.23. The Labute approximate surface area is 194 Å². The molecule has 1 fully saturated rings. The molecule has 32 heavy (non-hydrogen) atoms. The summed E-state index contributed by atoms with van der Waals surface area (Å²) in [6, 6.07) is 16.2. The molecular weight excluding hydrogens is 420 g/mol. The highest BCUT2D eigenvalue weighted by atomic mass is 32.1. The fraction of sp³-hybridized carbons (Fsp3) is 0.385. The van der Waals surface area contributed by atoms with Crippen LogP contribution in [-0.2, 0) is 22.5 Å². The second-order valence-electron chi connectivity index (χ2n) is 8.31. The average molecular weight is 451 g/mol. The maximum atomic E-state index is 13.5. The Balaban J connectivity index is 1.56. The maximum absolute atomic E-state index is 13.5. The van der Waals surface area contributed by atoms with Crippen LogP contribution < -0.4 is 4.74 Å². The zero-order valence-corrected chi connectivity index (χ0v) is 19.8. The third-order valence-electron chi connectivity index (χ3n) is 5.75. The Morgan fingerprint density at radius 2 is 2.03 bits per heavy atom. The lowest BCUT2D eigenvalue weighted by Gasteiger charge is -2.26. The molecule has 1 aliphatic heterocycles. The number of methoxy groups -OCH3 is 1. The Bertz CT molecular complexity index is 1060. The molecule has 3 aromatic rings. The largest absolute Gasteiger partial charge is 0.497 e. The van der Waals surface area contributed by atoms with Crippen LogP contribution in [0.3, 0.4) is 0 Å². The van der Waals surface area contributed by atoms with Crippen LogP contribution in [0, 0.1) is 13.8 Å². The highest BCUT2D eigenvalue weighted by molar-refractivity contribution is 7.12. The van der Waals surface area contributed by atoms with E-state index in [1.165, 1.54) is 5.56 Å². The average Bonchev–Trinajstić information content (AvgIpc) is 3.43. The van der Waals surface area contributed by atoms with Crippen molar-refractivity contribution >= 4 is 17.2 Å². The van der Waals surface area contributed by atoms with Gasteiger partial charge in [0.15, 0.2) is 0 Å². The lowest BCUT2D eigenvalue weighted by molar-refractivity contribution is -0.132. The van der Waals surface area contributed by atoms with Crippen LogP contribution in [0.25, 0.3) is 11.3 Å². The zero-order chi connectivity index (χ0) is 22.5. The number of aromatic nitrogens is 1. The number of ether oxygens (including phenoxy) is 2. The monoisotopic (exact) mass is 450 g/mol. The summed E-state index contributed by atoms with van der Waals surface area (Å²) in [5.74, 6) is 0.895. The first-order valence-corrected chi connectivity index (χ1v) is 11.9. The van der Waals surface area contributed by atoms with Crippen molar-refractivity contribution in [3.05, 3.63) is 69.5 Å². The SMILES string of the molecule is COc1cccc(CN(CC2CCCO2)C(=O)Cc2sc(C)nc2-c2ccc(C)cc2)c1. The quantitative estimate of drug-likeness (QED) is 0.474. The van der Waals surface area contributed by atoms with E-state index in [2.05, 4.69) is 31.2 Å². The summed E-state index contributed by atoms with van der Waals surface area (Å²) >= 11 is 1.60. The van der Waals surface area contributed by atoms with E-state index in [-0.39, 0.29) is 12.0 Å². The minimum absolute atomic E-state index is 0.0975. The van der Waals surface area contributed by atoms with Gasteiger partial charge in [-0.2, -0.15) is 0 Å². The standard InChI is InChI=1S/C26H30N2O3S/c1-18-9-11-21(12-10-18)26-24(32-19(2)27-26)15-25(29)28(17-23-8-5-13-31-23)16-20-6-4-7-22(14-20)30-3/h4,6-7,9-12,14,23H,5,8,13,15-17H2,1-3H3. The summed E-state index contributed by atoms with van der Waals surface area (Å²) in [4.78, 5) is 21.2. The van der Waals surface area contributed by atoms with E-state index in [1.807, 2.05) is 36.1 Å². The van der Waals surface area contributed by atoms with Crippen LogP contribution in [0.1, 0.15) is 33.9 Å². The van der Waals surface area contributed by atoms with Gasteiger partial charge in [-0.05, 0) is 44.4 Å². The van der Waals surface area contributed by atoms with Crippen molar-refractivity contribution in [2.75, 3.05) is 20.3 Å². The first kappa shape index (κ1) is 22.5. The molecule has 1 aliphatic rings. The van der Waals surface area contributed by atoms with Gasteiger partial charge in [-0.3, -0.25) is 4.79 Å². The third-order valence-corrected chi connectivity index (χ3v) is 6.72. The number of rotatable bonds is 8. The van der Waals surface area contributed by atoms with Gasteiger partial charge in [0.1, 0.15) is 5.75 Å². The number of nitrogens with zero attached hydrogens (tertiary/aromatic N) is 2. The molecule has 0 N–H and O–H groups in total. The van der Waals surface area contributed by atoms with Crippen molar-refractivity contribution in [1.29, 1.82) is 0 Å². The van der Waals surface area contributed by atoms with E-state index >= 15 is 0 Å². The fourth-order valence-corrected chi connectivity index (χ4v) is 5.00. The van der Waals surface area contributed by atoms with Crippen LogP contribution in [0.5, 0.6) is 5.75 Å². The fourth-order valence-electron chi connectivity index (χ4n) is 4.06. The molecule has 0 spiro atoms. The zero-order valence-electron chi connectivity index (χ0n) is 19.0. The number of hydrogen-bond donors (Lipinski definition) is 0. The van der Waals surface area contributed by atoms with Crippen molar-refractivity contribution in [1.82, 2.24) is 9.88 Å². The number of carbonyl (C=O) groups excluding carboxylic acids is 1. The third kappa shape index (κ3) is 5.56. The van der Waals surface area contributed by atoms with E-state index in [1.54, 1.807) is 18.4 Å². The topological polar surface area (TPSA) is 51.7 Å². The van der Waals surface area contributed by atoms with Gasteiger partial charge in [-0.1, -0.05) is 42.0 Å². The molecule has 1 amide bonds. The molecule has 1 aromatic heterocycles. The predicted octanol–water partition coefficient (Wildman–Crippen LogP) is 5.19. The van der Waals surface area contributed by atoms with Crippen molar-refractivity contribution < 1.29 is 14.3 Å². The number of thiazole rings is 1. The molecule has 1 atom stereocenters. The van der Waals surface area contributed by atoms with Gasteiger partial charge in [-0.25, -0.2) is 4.98 Å². The van der Waals surface area contributed by atoms with Gasteiger partial charge in [0, 0.05) is 30.1 Å². The molecule has 0 radical (unpaired) electrons. The van der Waals surface area contributed by atoms with Crippen LogP contribution in [0.15, 0.2) is 48.5 Å². The van der Waals surface area contributed by atoms with Gasteiger partial charge in [0.2, 0.25) is 5.91 Å². The van der Waals surface area contributed by atoms with Gasteiger partial charge < -0.3 is 14.4 Å². The molecule has 2 heterocycles. The molecule has 0 saturated carbocycles. The van der Waals surface area contributed by atoms with Crippen molar-refractivity contribution in [3.8, 4) is 17.0 Å². The summed E-state index contributed by atoms with van der Waals surface area (Å²) in [6.45, 7) is 5.98. The summed E-state index contributed by atoms with van der Waals surface area (Å²) < 4.78 is 11.2. The predicted molar refractivity (Wildman–Crippen MR) is 128 cm³/mol. The number of carbonyl (C=O) groups is 1. The van der Waals surface area contributed by atoms with Crippen LogP contribution in [0.2, 0.25) is 0 Å². The van der Waals surface area contributed by atoms with Crippen LogP contribution in [-0.4, -0.2) is 42.2 Å². The van der Waals surface area contributed by atoms with E-state index in [0.717, 1.165) is 51.9 Å². The highest BCUT2D eigenvalue weighted by Gasteiger charge is 2.25. The summed E-state index contributed by atoms with van der Waals surface area (Å²) in [7, 11) is 1.66. The second-order valence-corrected chi connectivity index (χ2v) is 9.60. The number of amides is 1. The van der Waals surface area contributed by atoms with E-state index < -0.39 is 0 Å². The van der Waals surface area contributed by atoms with Gasteiger partial charge in [-0.15, -0.1) is 11.3 Å². The molecule has 1 unspecified atom stereocenters. The smallest absolute Gasteiger partial charge is 0.228 e. The van der Waals surface area contributed by atoms with Gasteiger partial charge in [0.25, 0.3) is 0 Å². The lowest BCUT2D eigenvalue weighted by atomic mass is 10.1. The van der Waals surface area contributed by atoms with Crippen molar-refractivity contribution in [2.24, 2.45) is 0 Å². The molecule has 2 aromatic carbocycles.